The van der Waals surface area contributed by atoms with E-state index in [2.05, 4.69) is 10.2 Å². The molecule has 0 aliphatic rings. The topological polar surface area (TPSA) is 67.5 Å². The Hall–Kier alpha value is -2.76. The van der Waals surface area contributed by atoms with Crippen LogP contribution in [0.25, 0.3) is 5.65 Å². The third-order valence-electron chi connectivity index (χ3n) is 3.03. The predicted octanol–water partition coefficient (Wildman–Crippen LogP) is 2.16. The molecular weight excluding hydrogens is 261 g/mol. The molecule has 0 fully saturated rings. The van der Waals surface area contributed by atoms with Crippen LogP contribution in [-0.2, 0) is 6.42 Å². The van der Waals surface area contributed by atoms with Crippen molar-refractivity contribution in [1.82, 2.24) is 14.6 Å². The van der Waals surface area contributed by atoms with Crippen molar-refractivity contribution in [1.29, 1.82) is 0 Å². The van der Waals surface area contributed by atoms with Crippen LogP contribution < -0.4 is 0 Å². The average Bonchev–Trinajstić information content (AvgIpc) is 2.84. The number of benzene rings is 1. The largest absolute Gasteiger partial charge is 0.478 e. The molecule has 1 N–H and O–H groups in total. The predicted molar refractivity (Wildman–Crippen MR) is 69.2 cm³/mol. The summed E-state index contributed by atoms with van der Waals surface area (Å²) in [5.41, 5.74) is 1.09. The van der Waals surface area contributed by atoms with Crippen LogP contribution in [0.4, 0.5) is 4.39 Å². The van der Waals surface area contributed by atoms with Crippen molar-refractivity contribution in [3.8, 4) is 0 Å². The van der Waals surface area contributed by atoms with E-state index in [0.29, 0.717) is 23.5 Å². The number of rotatable bonds is 3. The summed E-state index contributed by atoms with van der Waals surface area (Å²) in [4.78, 5) is 10.9. The maximum atomic E-state index is 13.6. The summed E-state index contributed by atoms with van der Waals surface area (Å²) in [5, 5.41) is 16.8. The summed E-state index contributed by atoms with van der Waals surface area (Å²) in [5.74, 6) is -0.764. The Morgan fingerprint density at radius 1 is 1.25 bits per heavy atom. The highest BCUT2D eigenvalue weighted by molar-refractivity contribution is 5.88. The normalized spacial score (nSPS) is 10.8. The van der Waals surface area contributed by atoms with Gasteiger partial charge in [-0.3, -0.25) is 4.40 Å². The van der Waals surface area contributed by atoms with Gasteiger partial charge in [-0.05, 0) is 23.8 Å². The Morgan fingerprint density at radius 3 is 2.80 bits per heavy atom. The van der Waals surface area contributed by atoms with E-state index < -0.39 is 5.97 Å². The maximum Gasteiger partial charge on any atom is 0.335 e. The van der Waals surface area contributed by atoms with E-state index in [-0.39, 0.29) is 11.4 Å². The van der Waals surface area contributed by atoms with Gasteiger partial charge in [0.05, 0.1) is 5.56 Å². The highest BCUT2D eigenvalue weighted by Crippen LogP contribution is 2.14. The first-order valence-corrected chi connectivity index (χ1v) is 5.95. The lowest BCUT2D eigenvalue weighted by atomic mass is 10.1. The molecule has 3 rings (SSSR count). The molecule has 0 saturated heterocycles. The van der Waals surface area contributed by atoms with Gasteiger partial charge in [-0.25, -0.2) is 9.18 Å². The minimum Gasteiger partial charge on any atom is -0.478 e. The van der Waals surface area contributed by atoms with E-state index in [9.17, 15) is 9.18 Å². The van der Waals surface area contributed by atoms with Gasteiger partial charge in [0.25, 0.3) is 0 Å². The van der Waals surface area contributed by atoms with Crippen LogP contribution in [0.5, 0.6) is 0 Å². The van der Waals surface area contributed by atoms with Crippen molar-refractivity contribution in [2.45, 2.75) is 6.42 Å². The van der Waals surface area contributed by atoms with Crippen molar-refractivity contribution in [3.63, 3.8) is 0 Å². The number of aromatic carboxylic acids is 1. The van der Waals surface area contributed by atoms with Crippen LogP contribution >= 0.6 is 0 Å². The van der Waals surface area contributed by atoms with Crippen LogP contribution in [0, 0.1) is 5.82 Å². The van der Waals surface area contributed by atoms with Crippen molar-refractivity contribution in [2.24, 2.45) is 0 Å². The Labute approximate surface area is 113 Å². The second-order valence-electron chi connectivity index (χ2n) is 4.33. The maximum absolute atomic E-state index is 13.6. The van der Waals surface area contributed by atoms with Gasteiger partial charge >= 0.3 is 5.97 Å². The first kappa shape index (κ1) is 12.3. The molecule has 0 aliphatic carbocycles. The summed E-state index contributed by atoms with van der Waals surface area (Å²) in [6, 6.07) is 9.34. The average molecular weight is 271 g/mol. The fourth-order valence-corrected chi connectivity index (χ4v) is 2.01. The van der Waals surface area contributed by atoms with E-state index in [1.54, 1.807) is 28.8 Å². The van der Waals surface area contributed by atoms with Gasteiger partial charge in [0.1, 0.15) is 11.6 Å². The van der Waals surface area contributed by atoms with E-state index in [1.807, 2.05) is 0 Å². The number of carbonyl (C=O) groups is 1. The third-order valence-corrected chi connectivity index (χ3v) is 3.03. The summed E-state index contributed by atoms with van der Waals surface area (Å²) >= 11 is 0. The minimum absolute atomic E-state index is 0.141. The molecule has 6 heteroatoms. The second-order valence-corrected chi connectivity index (χ2v) is 4.33. The van der Waals surface area contributed by atoms with E-state index in [0.717, 1.165) is 0 Å². The number of hydrogen-bond acceptors (Lipinski definition) is 3. The first-order chi connectivity index (χ1) is 9.65. The number of aromatic nitrogens is 3. The fraction of sp³-hybridized carbons (Fsp3) is 0.0714. The zero-order chi connectivity index (χ0) is 14.1. The molecule has 0 aliphatic heterocycles. The lowest BCUT2D eigenvalue weighted by Crippen LogP contribution is -2.01. The van der Waals surface area contributed by atoms with Crippen LogP contribution in [0.2, 0.25) is 0 Å². The molecule has 2 heterocycles. The number of halogens is 1. The second kappa shape index (κ2) is 4.73. The SMILES string of the molecule is O=C(O)c1ccn2c(Cc3ccccc3F)nnc2c1. The molecule has 0 radical (unpaired) electrons. The van der Waals surface area contributed by atoms with Crippen molar-refractivity contribution < 1.29 is 14.3 Å². The molecule has 3 aromatic rings. The Bertz CT molecular complexity index is 798. The molecule has 5 nitrogen and oxygen atoms in total. The molecule has 1 aromatic carbocycles. The summed E-state index contributed by atoms with van der Waals surface area (Å²) in [6.07, 6.45) is 1.87. The van der Waals surface area contributed by atoms with Crippen LogP contribution in [-0.4, -0.2) is 25.7 Å². The Morgan fingerprint density at radius 2 is 2.05 bits per heavy atom. The van der Waals surface area contributed by atoms with Gasteiger partial charge in [0.15, 0.2) is 5.65 Å². The number of nitrogens with zero attached hydrogens (tertiary/aromatic N) is 3. The smallest absolute Gasteiger partial charge is 0.335 e. The number of carboxylic acid groups (broad SMARTS) is 1. The van der Waals surface area contributed by atoms with Gasteiger partial charge in [0.2, 0.25) is 0 Å². The number of fused-ring (bicyclic) bond motifs is 1. The van der Waals surface area contributed by atoms with Gasteiger partial charge in [-0.2, -0.15) is 0 Å². The summed E-state index contributed by atoms with van der Waals surface area (Å²) in [6.45, 7) is 0. The summed E-state index contributed by atoms with van der Waals surface area (Å²) in [7, 11) is 0. The Kier molecular flexibility index (Phi) is 2.90. The van der Waals surface area contributed by atoms with Crippen molar-refractivity contribution >= 4 is 11.6 Å². The lowest BCUT2D eigenvalue weighted by molar-refractivity contribution is 0.0697. The Balaban J connectivity index is 2.01. The van der Waals surface area contributed by atoms with Crippen LogP contribution in [0.1, 0.15) is 21.7 Å². The molecular formula is C14H10FN3O2. The highest BCUT2D eigenvalue weighted by atomic mass is 19.1. The first-order valence-electron chi connectivity index (χ1n) is 5.95. The van der Waals surface area contributed by atoms with Gasteiger partial charge in [-0.15, -0.1) is 10.2 Å². The number of pyridine rings is 1. The number of hydrogen-bond donors (Lipinski definition) is 1. The molecule has 0 bridgehead atoms. The molecule has 0 unspecified atom stereocenters. The lowest BCUT2D eigenvalue weighted by Gasteiger charge is -2.02. The highest BCUT2D eigenvalue weighted by Gasteiger charge is 2.11. The standard InChI is InChI=1S/C14H10FN3O2/c15-11-4-2-1-3-9(11)7-12-16-17-13-8-10(14(19)20)5-6-18(12)13/h1-6,8H,7H2,(H,19,20). The molecule has 100 valence electrons. The van der Waals surface area contributed by atoms with Crippen molar-refractivity contribution in [2.75, 3.05) is 0 Å². The third kappa shape index (κ3) is 2.11. The molecule has 20 heavy (non-hydrogen) atoms. The molecule has 0 saturated carbocycles. The van der Waals surface area contributed by atoms with Crippen LogP contribution in [0.15, 0.2) is 42.6 Å². The van der Waals surface area contributed by atoms with Crippen LogP contribution in [0.3, 0.4) is 0 Å². The molecule has 2 aromatic heterocycles. The van der Waals surface area contributed by atoms with Gasteiger partial charge < -0.3 is 5.11 Å². The fourth-order valence-electron chi connectivity index (χ4n) is 2.01. The molecule has 0 amide bonds. The molecule has 0 atom stereocenters. The summed E-state index contributed by atoms with van der Waals surface area (Å²) < 4.78 is 15.3. The monoisotopic (exact) mass is 271 g/mol. The zero-order valence-corrected chi connectivity index (χ0v) is 10.3. The molecule has 0 spiro atoms. The number of carboxylic acids is 1. The van der Waals surface area contributed by atoms with Gasteiger partial charge in [-0.1, -0.05) is 18.2 Å². The quantitative estimate of drug-likeness (QED) is 0.792. The van der Waals surface area contributed by atoms with Crippen molar-refractivity contribution in [3.05, 3.63) is 65.4 Å². The van der Waals surface area contributed by atoms with E-state index >= 15 is 0 Å². The minimum atomic E-state index is -1.02. The van der Waals surface area contributed by atoms with Gasteiger partial charge in [0, 0.05) is 12.6 Å². The van der Waals surface area contributed by atoms with E-state index in [4.69, 9.17) is 5.11 Å². The van der Waals surface area contributed by atoms with E-state index in [1.165, 1.54) is 18.2 Å². The zero-order valence-electron chi connectivity index (χ0n) is 10.3.